The van der Waals surface area contributed by atoms with Crippen molar-refractivity contribution in [3.05, 3.63) is 24.0 Å². The predicted octanol–water partition coefficient (Wildman–Crippen LogP) is 2.28. The molecule has 0 aromatic carbocycles. The number of nitrogens with one attached hydrogen (secondary N) is 1. The smallest absolute Gasteiger partial charge is 0.327 e. The van der Waals surface area contributed by atoms with Gasteiger partial charge in [0.05, 0.1) is 12.6 Å². The van der Waals surface area contributed by atoms with E-state index in [2.05, 4.69) is 4.98 Å². The molecule has 2 atom stereocenters. The van der Waals surface area contributed by atoms with Crippen molar-refractivity contribution in [2.45, 2.75) is 50.7 Å². The Morgan fingerprint density at radius 3 is 2.65 bits per heavy atom. The minimum Gasteiger partial charge on any atom is -0.386 e. The molecular weight excluding hydrogens is 294 g/mol. The Bertz CT molecular complexity index is 580. The van der Waals surface area contributed by atoms with Gasteiger partial charge in [0, 0.05) is 19.4 Å². The molecule has 1 aromatic rings. The number of hydrogen-bond donors (Lipinski definition) is 2. The largest absolute Gasteiger partial charge is 0.386 e. The van der Waals surface area contributed by atoms with Crippen LogP contribution in [0, 0.1) is 5.92 Å². The van der Waals surface area contributed by atoms with Crippen LogP contribution in [0.2, 0.25) is 0 Å². The fraction of sp³-hybridized carbons (Fsp3) is 0.647. The Balaban J connectivity index is 1.80. The van der Waals surface area contributed by atoms with Crippen molar-refractivity contribution in [3.8, 4) is 0 Å². The Labute approximate surface area is 136 Å². The zero-order valence-electron chi connectivity index (χ0n) is 13.8. The normalized spacial score (nSPS) is 27.8. The van der Waals surface area contributed by atoms with E-state index in [-0.39, 0.29) is 24.4 Å². The second-order valence-corrected chi connectivity index (χ2v) is 6.90. The van der Waals surface area contributed by atoms with E-state index < -0.39 is 11.6 Å². The lowest BCUT2D eigenvalue weighted by Gasteiger charge is -2.38. The number of carbonyl (C=O) groups excluding carboxylic acids is 2. The number of likely N-dealkylation sites (N-methyl/N-ethyl adjacent to an activating group) is 1. The van der Waals surface area contributed by atoms with Gasteiger partial charge in [-0.15, -0.1) is 0 Å². The maximum absolute atomic E-state index is 13.0. The van der Waals surface area contributed by atoms with Crippen LogP contribution in [0.25, 0.3) is 0 Å². The van der Waals surface area contributed by atoms with E-state index in [1.807, 2.05) is 6.92 Å². The van der Waals surface area contributed by atoms with Crippen molar-refractivity contribution < 1.29 is 14.7 Å². The number of β-amino-alcohol motifs (C(OH)–C–C–N with tert-alkyl or cyclic N) is 1. The number of amides is 3. The molecule has 6 heteroatoms. The lowest BCUT2D eigenvalue weighted by molar-refractivity contribution is -0.136. The first kappa shape index (κ1) is 16.1. The van der Waals surface area contributed by atoms with Crippen LogP contribution >= 0.6 is 0 Å². The molecule has 1 aliphatic carbocycles. The number of nitrogens with zero attached hydrogens (tertiary/aromatic N) is 2. The number of aromatic amines is 1. The van der Waals surface area contributed by atoms with Crippen LogP contribution in [0.5, 0.6) is 0 Å². The second kappa shape index (κ2) is 6.00. The van der Waals surface area contributed by atoms with Gasteiger partial charge in [0.1, 0.15) is 5.54 Å². The Kier molecular flexibility index (Phi) is 4.19. The van der Waals surface area contributed by atoms with Gasteiger partial charge in [0.2, 0.25) is 0 Å². The number of H-pyrrole nitrogens is 1. The summed E-state index contributed by atoms with van der Waals surface area (Å²) in [6.07, 6.45) is 7.92. The van der Waals surface area contributed by atoms with Crippen molar-refractivity contribution in [2.75, 3.05) is 13.6 Å². The van der Waals surface area contributed by atoms with E-state index >= 15 is 0 Å². The first-order valence-corrected chi connectivity index (χ1v) is 8.36. The quantitative estimate of drug-likeness (QED) is 0.836. The van der Waals surface area contributed by atoms with Gasteiger partial charge >= 0.3 is 6.03 Å². The Morgan fingerprint density at radius 2 is 2.04 bits per heavy atom. The molecule has 23 heavy (non-hydrogen) atoms. The molecular formula is C17H25N3O3. The number of urea groups is 1. The fourth-order valence-electron chi connectivity index (χ4n) is 3.98. The van der Waals surface area contributed by atoms with E-state index in [0.29, 0.717) is 5.56 Å². The highest BCUT2D eigenvalue weighted by atomic mass is 16.3. The van der Waals surface area contributed by atoms with E-state index in [1.54, 1.807) is 30.4 Å². The number of carbonyl (C=O) groups is 2. The van der Waals surface area contributed by atoms with Crippen molar-refractivity contribution in [1.29, 1.82) is 0 Å². The van der Waals surface area contributed by atoms with Crippen LogP contribution in [0.15, 0.2) is 18.5 Å². The van der Waals surface area contributed by atoms with Crippen LogP contribution < -0.4 is 0 Å². The molecule has 0 bridgehead atoms. The Hall–Kier alpha value is -1.82. The number of rotatable bonds is 4. The summed E-state index contributed by atoms with van der Waals surface area (Å²) < 4.78 is 0. The number of hydrogen-bond acceptors (Lipinski definition) is 3. The zero-order chi connectivity index (χ0) is 16.6. The first-order valence-electron chi connectivity index (χ1n) is 8.36. The van der Waals surface area contributed by atoms with Gasteiger partial charge in [-0.25, -0.2) is 4.79 Å². The third kappa shape index (κ3) is 2.55. The zero-order valence-corrected chi connectivity index (χ0v) is 13.8. The summed E-state index contributed by atoms with van der Waals surface area (Å²) >= 11 is 0. The Morgan fingerprint density at radius 1 is 1.35 bits per heavy atom. The summed E-state index contributed by atoms with van der Waals surface area (Å²) in [5.41, 5.74) is -0.102. The van der Waals surface area contributed by atoms with E-state index in [1.165, 1.54) is 11.3 Å². The fourth-order valence-corrected chi connectivity index (χ4v) is 3.98. The topological polar surface area (TPSA) is 76.6 Å². The molecule has 2 fully saturated rings. The average molecular weight is 319 g/mol. The van der Waals surface area contributed by atoms with Crippen molar-refractivity contribution in [1.82, 2.24) is 14.8 Å². The summed E-state index contributed by atoms with van der Waals surface area (Å²) in [7, 11) is 1.71. The molecule has 1 saturated carbocycles. The maximum atomic E-state index is 13.0. The minimum atomic E-state index is -0.865. The summed E-state index contributed by atoms with van der Waals surface area (Å²) in [6, 6.07) is 1.44. The molecule has 3 amide bonds. The molecule has 2 N–H and O–H groups in total. The number of aliphatic hydroxyl groups is 1. The van der Waals surface area contributed by atoms with Crippen LogP contribution in [-0.2, 0) is 4.79 Å². The molecule has 2 heterocycles. The van der Waals surface area contributed by atoms with Crippen LogP contribution in [-0.4, -0.2) is 51.0 Å². The highest BCUT2D eigenvalue weighted by molar-refractivity contribution is 6.06. The van der Waals surface area contributed by atoms with Gasteiger partial charge in [-0.3, -0.25) is 9.69 Å². The van der Waals surface area contributed by atoms with Crippen LogP contribution in [0.3, 0.4) is 0 Å². The third-order valence-electron chi connectivity index (χ3n) is 5.66. The minimum absolute atomic E-state index is 0.00215. The number of aromatic nitrogens is 1. The third-order valence-corrected chi connectivity index (χ3v) is 5.66. The average Bonchev–Trinajstić information content (AvgIpc) is 3.16. The lowest BCUT2D eigenvalue weighted by atomic mass is 9.75. The standard InChI is InChI=1S/C17H25N3O3/c1-17(13-6-4-3-5-7-13)15(22)20(16(23)19(17)2)11-14(21)12-8-9-18-10-12/h8-10,13-14,18,21H,3-7,11H2,1-2H3. The molecule has 6 nitrogen and oxygen atoms in total. The van der Waals surface area contributed by atoms with Gasteiger partial charge in [0.15, 0.2) is 0 Å². The van der Waals surface area contributed by atoms with Crippen molar-refractivity contribution in [2.24, 2.45) is 5.92 Å². The monoisotopic (exact) mass is 319 g/mol. The van der Waals surface area contributed by atoms with Crippen molar-refractivity contribution in [3.63, 3.8) is 0 Å². The van der Waals surface area contributed by atoms with E-state index in [4.69, 9.17) is 0 Å². The van der Waals surface area contributed by atoms with Gasteiger partial charge in [0.25, 0.3) is 5.91 Å². The van der Waals surface area contributed by atoms with Gasteiger partial charge in [-0.05, 0) is 37.3 Å². The summed E-state index contributed by atoms with van der Waals surface area (Å²) in [4.78, 5) is 31.3. The summed E-state index contributed by atoms with van der Waals surface area (Å²) in [6.45, 7) is 1.88. The molecule has 0 radical (unpaired) electrons. The molecule has 3 rings (SSSR count). The van der Waals surface area contributed by atoms with Gasteiger partial charge in [-0.2, -0.15) is 0 Å². The maximum Gasteiger partial charge on any atom is 0.327 e. The van der Waals surface area contributed by atoms with Crippen molar-refractivity contribution >= 4 is 11.9 Å². The number of aliphatic hydroxyl groups excluding tert-OH is 1. The summed E-state index contributed by atoms with van der Waals surface area (Å²) in [5.74, 6) is 0.0265. The van der Waals surface area contributed by atoms with E-state index in [9.17, 15) is 14.7 Å². The summed E-state index contributed by atoms with van der Waals surface area (Å²) in [5, 5.41) is 10.3. The molecule has 2 unspecified atom stereocenters. The highest BCUT2D eigenvalue weighted by Gasteiger charge is 2.56. The SMILES string of the molecule is CN1C(=O)N(CC(O)c2cc[nH]c2)C(=O)C1(C)C1CCCCC1. The number of imide groups is 1. The molecule has 2 aliphatic rings. The van der Waals surface area contributed by atoms with Gasteiger partial charge in [-0.1, -0.05) is 19.3 Å². The lowest BCUT2D eigenvalue weighted by Crippen LogP contribution is -2.52. The van der Waals surface area contributed by atoms with E-state index in [0.717, 1.165) is 25.7 Å². The predicted molar refractivity (Wildman–Crippen MR) is 85.6 cm³/mol. The van der Waals surface area contributed by atoms with Crippen LogP contribution in [0.1, 0.15) is 50.7 Å². The highest BCUT2D eigenvalue weighted by Crippen LogP contribution is 2.41. The molecule has 126 valence electrons. The van der Waals surface area contributed by atoms with Crippen LogP contribution in [0.4, 0.5) is 4.79 Å². The second-order valence-electron chi connectivity index (χ2n) is 6.90. The first-order chi connectivity index (χ1) is 11.0. The molecule has 1 aromatic heterocycles. The molecule has 0 spiro atoms. The molecule has 1 aliphatic heterocycles. The molecule has 1 saturated heterocycles. The van der Waals surface area contributed by atoms with Gasteiger partial charge < -0.3 is 15.0 Å².